The average Bonchev–Trinajstić information content (AvgIpc) is 2.42. The van der Waals surface area contributed by atoms with Gasteiger partial charge >= 0.3 is 6.18 Å². The van der Waals surface area contributed by atoms with E-state index >= 15 is 0 Å². The lowest BCUT2D eigenvalue weighted by Gasteiger charge is -2.32. The number of nitrogens with one attached hydrogen (secondary N) is 1. The molecule has 6 heteroatoms. The minimum atomic E-state index is -4.14. The zero-order chi connectivity index (χ0) is 15.3. The Morgan fingerprint density at radius 2 is 1.71 bits per heavy atom. The third-order valence-corrected chi connectivity index (χ3v) is 3.79. The molecule has 0 radical (unpaired) electrons. The molecule has 0 unspecified atom stereocenters. The van der Waals surface area contributed by atoms with Crippen molar-refractivity contribution in [1.29, 1.82) is 0 Å². The first-order valence-corrected chi connectivity index (χ1v) is 7.16. The van der Waals surface area contributed by atoms with Crippen LogP contribution in [0.4, 0.5) is 17.6 Å². The first-order chi connectivity index (χ1) is 9.92. The van der Waals surface area contributed by atoms with E-state index in [1.807, 2.05) is 0 Å². The summed E-state index contributed by atoms with van der Waals surface area (Å²) < 4.78 is 49.0. The topological polar surface area (TPSA) is 15.3 Å². The molecule has 1 fully saturated rings. The van der Waals surface area contributed by atoms with Gasteiger partial charge in [0.1, 0.15) is 5.82 Å². The predicted octanol–water partition coefficient (Wildman–Crippen LogP) is 3.19. The van der Waals surface area contributed by atoms with Crippen molar-refractivity contribution >= 4 is 0 Å². The molecule has 0 aliphatic carbocycles. The molecule has 0 atom stereocenters. The fourth-order valence-corrected chi connectivity index (χ4v) is 2.61. The highest BCUT2D eigenvalue weighted by Crippen LogP contribution is 2.19. The van der Waals surface area contributed by atoms with Crippen molar-refractivity contribution in [3.8, 4) is 0 Å². The maximum atomic E-state index is 12.8. The SMILES string of the molecule is Fc1ccc(CN2CCC(CNCC(F)(F)F)CC2)cc1. The molecule has 1 aromatic rings. The third kappa shape index (κ3) is 6.01. The summed E-state index contributed by atoms with van der Waals surface area (Å²) in [5.41, 5.74) is 1.06. The van der Waals surface area contributed by atoms with E-state index in [4.69, 9.17) is 0 Å². The van der Waals surface area contributed by atoms with Crippen molar-refractivity contribution in [3.63, 3.8) is 0 Å². The molecular weight excluding hydrogens is 284 g/mol. The van der Waals surface area contributed by atoms with Crippen LogP contribution in [0, 0.1) is 11.7 Å². The maximum Gasteiger partial charge on any atom is 0.401 e. The minimum Gasteiger partial charge on any atom is -0.308 e. The molecule has 21 heavy (non-hydrogen) atoms. The molecule has 1 saturated heterocycles. The molecule has 1 aliphatic heterocycles. The largest absolute Gasteiger partial charge is 0.401 e. The summed E-state index contributed by atoms with van der Waals surface area (Å²) in [7, 11) is 0. The quantitative estimate of drug-likeness (QED) is 0.841. The van der Waals surface area contributed by atoms with Crippen LogP contribution in [0.5, 0.6) is 0 Å². The Hall–Kier alpha value is -1.14. The second-order valence-corrected chi connectivity index (χ2v) is 5.59. The van der Waals surface area contributed by atoms with Gasteiger partial charge in [0.2, 0.25) is 0 Å². The molecule has 2 rings (SSSR count). The third-order valence-electron chi connectivity index (χ3n) is 3.79. The van der Waals surface area contributed by atoms with Crippen molar-refractivity contribution in [2.75, 3.05) is 26.2 Å². The number of likely N-dealkylation sites (tertiary alicyclic amines) is 1. The van der Waals surface area contributed by atoms with Gasteiger partial charge in [-0.1, -0.05) is 12.1 Å². The van der Waals surface area contributed by atoms with E-state index in [9.17, 15) is 17.6 Å². The zero-order valence-electron chi connectivity index (χ0n) is 11.8. The van der Waals surface area contributed by atoms with E-state index in [-0.39, 0.29) is 5.82 Å². The number of benzene rings is 1. The Bertz CT molecular complexity index is 422. The molecule has 2 nitrogen and oxygen atoms in total. The molecule has 0 spiro atoms. The van der Waals surface area contributed by atoms with Gasteiger partial charge in [0.05, 0.1) is 6.54 Å². The molecule has 0 aromatic heterocycles. The predicted molar refractivity (Wildman–Crippen MR) is 73.3 cm³/mol. The summed E-state index contributed by atoms with van der Waals surface area (Å²) in [5.74, 6) is 0.0602. The summed E-state index contributed by atoms with van der Waals surface area (Å²) in [6.45, 7) is 2.02. The number of hydrogen-bond donors (Lipinski definition) is 1. The molecule has 0 saturated carbocycles. The Kier molecular flexibility index (Phi) is 5.58. The monoisotopic (exact) mass is 304 g/mol. The Labute approximate surface area is 122 Å². The van der Waals surface area contributed by atoms with E-state index in [0.29, 0.717) is 12.5 Å². The van der Waals surface area contributed by atoms with Crippen LogP contribution in [0.25, 0.3) is 0 Å². The van der Waals surface area contributed by atoms with Gasteiger partial charge in [0.15, 0.2) is 0 Å². The first kappa shape index (κ1) is 16.2. The van der Waals surface area contributed by atoms with Crippen molar-refractivity contribution in [2.45, 2.75) is 25.6 Å². The summed E-state index contributed by atoms with van der Waals surface area (Å²) >= 11 is 0. The summed E-state index contributed by atoms with van der Waals surface area (Å²) in [6, 6.07) is 6.44. The fraction of sp³-hybridized carbons (Fsp3) is 0.600. The normalized spacial score (nSPS) is 18.1. The van der Waals surface area contributed by atoms with Gasteiger partial charge in [-0.25, -0.2) is 4.39 Å². The van der Waals surface area contributed by atoms with Gasteiger partial charge in [0, 0.05) is 6.54 Å². The fourth-order valence-electron chi connectivity index (χ4n) is 2.61. The Balaban J connectivity index is 1.67. The highest BCUT2D eigenvalue weighted by atomic mass is 19.4. The van der Waals surface area contributed by atoms with Crippen LogP contribution in [0.15, 0.2) is 24.3 Å². The van der Waals surface area contributed by atoms with Crippen LogP contribution >= 0.6 is 0 Å². The Morgan fingerprint density at radius 3 is 2.29 bits per heavy atom. The van der Waals surface area contributed by atoms with E-state index in [2.05, 4.69) is 10.2 Å². The smallest absolute Gasteiger partial charge is 0.308 e. The molecule has 0 amide bonds. The highest BCUT2D eigenvalue weighted by molar-refractivity contribution is 5.15. The van der Waals surface area contributed by atoms with Crippen LogP contribution in [0.2, 0.25) is 0 Å². The molecule has 118 valence electrons. The van der Waals surface area contributed by atoms with Crippen LogP contribution < -0.4 is 5.32 Å². The lowest BCUT2D eigenvalue weighted by Crippen LogP contribution is -2.39. The standard InChI is InChI=1S/C15H20F4N2/c16-14-3-1-13(2-4-14)10-21-7-5-12(6-8-21)9-20-11-15(17,18)19/h1-4,12,20H,5-11H2. The van der Waals surface area contributed by atoms with Crippen molar-refractivity contribution in [3.05, 3.63) is 35.6 Å². The number of rotatable bonds is 5. The van der Waals surface area contributed by atoms with E-state index in [1.54, 1.807) is 12.1 Å². The average molecular weight is 304 g/mol. The molecule has 1 aromatic carbocycles. The van der Waals surface area contributed by atoms with E-state index in [1.165, 1.54) is 12.1 Å². The van der Waals surface area contributed by atoms with E-state index < -0.39 is 12.7 Å². The second kappa shape index (κ2) is 7.22. The van der Waals surface area contributed by atoms with Gasteiger partial charge < -0.3 is 5.32 Å². The van der Waals surface area contributed by atoms with Crippen LogP contribution in [0.1, 0.15) is 18.4 Å². The zero-order valence-corrected chi connectivity index (χ0v) is 11.8. The van der Waals surface area contributed by atoms with Crippen LogP contribution in [0.3, 0.4) is 0 Å². The van der Waals surface area contributed by atoms with Gasteiger partial charge in [-0.15, -0.1) is 0 Å². The maximum absolute atomic E-state index is 12.8. The number of nitrogens with zero attached hydrogens (tertiary/aromatic N) is 1. The molecule has 1 N–H and O–H groups in total. The van der Waals surface area contributed by atoms with Crippen molar-refractivity contribution in [2.24, 2.45) is 5.92 Å². The van der Waals surface area contributed by atoms with Crippen molar-refractivity contribution in [1.82, 2.24) is 10.2 Å². The number of alkyl halides is 3. The summed E-state index contributed by atoms with van der Waals surface area (Å²) in [6.07, 6.45) is -2.35. The molecule has 0 bridgehead atoms. The van der Waals surface area contributed by atoms with Crippen LogP contribution in [-0.4, -0.2) is 37.3 Å². The van der Waals surface area contributed by atoms with Crippen molar-refractivity contribution < 1.29 is 17.6 Å². The molecule has 1 heterocycles. The number of piperidine rings is 1. The summed E-state index contributed by atoms with van der Waals surface area (Å²) in [4.78, 5) is 2.26. The lowest BCUT2D eigenvalue weighted by molar-refractivity contribution is -0.125. The number of halogens is 4. The first-order valence-electron chi connectivity index (χ1n) is 7.16. The second-order valence-electron chi connectivity index (χ2n) is 5.59. The minimum absolute atomic E-state index is 0.242. The lowest BCUT2D eigenvalue weighted by atomic mass is 9.96. The highest BCUT2D eigenvalue weighted by Gasteiger charge is 2.27. The molecular formula is C15H20F4N2. The van der Waals surface area contributed by atoms with Gasteiger partial charge in [0.25, 0.3) is 0 Å². The summed E-state index contributed by atoms with van der Waals surface area (Å²) in [5, 5.41) is 2.48. The number of hydrogen-bond acceptors (Lipinski definition) is 2. The van der Waals surface area contributed by atoms with E-state index in [0.717, 1.165) is 38.0 Å². The van der Waals surface area contributed by atoms with Gasteiger partial charge in [-0.05, 0) is 56.1 Å². The van der Waals surface area contributed by atoms with Crippen LogP contribution in [-0.2, 0) is 6.54 Å². The van der Waals surface area contributed by atoms with Gasteiger partial charge in [-0.3, -0.25) is 4.90 Å². The molecule has 1 aliphatic rings. The Morgan fingerprint density at radius 1 is 1.10 bits per heavy atom. The van der Waals surface area contributed by atoms with Gasteiger partial charge in [-0.2, -0.15) is 13.2 Å².